The van der Waals surface area contributed by atoms with Gasteiger partial charge in [0.25, 0.3) is 0 Å². The summed E-state index contributed by atoms with van der Waals surface area (Å²) in [5.41, 5.74) is 0.639. The van der Waals surface area contributed by atoms with Crippen LogP contribution in [0.5, 0.6) is 23.0 Å². The Morgan fingerprint density at radius 2 is 1.71 bits per heavy atom. The lowest BCUT2D eigenvalue weighted by Crippen LogP contribution is -2.02. The van der Waals surface area contributed by atoms with Crippen LogP contribution >= 0.6 is 0 Å². The molecule has 0 aliphatic heterocycles. The SMILES string of the molecule is COC(=O)CCCCc1c(O)cc(OC)c(OC)c1OC. The smallest absolute Gasteiger partial charge is 0.305 e. The van der Waals surface area contributed by atoms with Crippen LogP contribution < -0.4 is 14.2 Å². The van der Waals surface area contributed by atoms with E-state index in [1.807, 2.05) is 0 Å². The van der Waals surface area contributed by atoms with Crippen LogP contribution in [0, 0.1) is 0 Å². The summed E-state index contributed by atoms with van der Waals surface area (Å²) in [4.78, 5) is 11.1. The Morgan fingerprint density at radius 1 is 1.05 bits per heavy atom. The molecule has 0 aliphatic carbocycles. The van der Waals surface area contributed by atoms with Crippen molar-refractivity contribution in [1.82, 2.24) is 0 Å². The van der Waals surface area contributed by atoms with Crippen molar-refractivity contribution in [3.05, 3.63) is 11.6 Å². The van der Waals surface area contributed by atoms with E-state index in [-0.39, 0.29) is 11.7 Å². The third-order valence-corrected chi connectivity index (χ3v) is 3.19. The van der Waals surface area contributed by atoms with Crippen molar-refractivity contribution in [2.45, 2.75) is 25.7 Å². The molecule has 21 heavy (non-hydrogen) atoms. The molecule has 0 fully saturated rings. The standard InChI is InChI=1S/C15H22O6/c1-18-12-9-11(16)10(14(20-3)15(12)21-4)7-5-6-8-13(17)19-2/h9,16H,5-8H2,1-4H3. The van der Waals surface area contributed by atoms with Gasteiger partial charge in [-0.2, -0.15) is 0 Å². The molecular weight excluding hydrogens is 276 g/mol. The summed E-state index contributed by atoms with van der Waals surface area (Å²) >= 11 is 0. The third kappa shape index (κ3) is 4.18. The molecule has 0 radical (unpaired) electrons. The molecule has 6 nitrogen and oxygen atoms in total. The maximum absolute atomic E-state index is 11.1. The average molecular weight is 298 g/mol. The topological polar surface area (TPSA) is 74.2 Å². The number of benzene rings is 1. The van der Waals surface area contributed by atoms with Gasteiger partial charge in [0, 0.05) is 18.1 Å². The largest absolute Gasteiger partial charge is 0.507 e. The minimum absolute atomic E-state index is 0.0857. The molecule has 0 spiro atoms. The van der Waals surface area contributed by atoms with Crippen molar-refractivity contribution >= 4 is 5.97 Å². The molecule has 0 heterocycles. The second kappa shape index (κ2) is 8.24. The first-order chi connectivity index (χ1) is 10.1. The van der Waals surface area contributed by atoms with Gasteiger partial charge in [-0.05, 0) is 19.3 Å². The van der Waals surface area contributed by atoms with Gasteiger partial charge < -0.3 is 24.1 Å². The monoisotopic (exact) mass is 298 g/mol. The highest BCUT2D eigenvalue weighted by Gasteiger charge is 2.20. The summed E-state index contributed by atoms with van der Waals surface area (Å²) in [6.45, 7) is 0. The van der Waals surface area contributed by atoms with E-state index in [2.05, 4.69) is 4.74 Å². The molecule has 0 aliphatic rings. The Hall–Kier alpha value is -2.11. The van der Waals surface area contributed by atoms with Gasteiger partial charge >= 0.3 is 5.97 Å². The highest BCUT2D eigenvalue weighted by atomic mass is 16.5. The molecule has 0 amide bonds. The van der Waals surface area contributed by atoms with Crippen LogP contribution in [0.4, 0.5) is 0 Å². The average Bonchev–Trinajstić information content (AvgIpc) is 2.51. The van der Waals surface area contributed by atoms with Crippen molar-refractivity contribution in [2.24, 2.45) is 0 Å². The lowest BCUT2D eigenvalue weighted by Gasteiger charge is -2.17. The molecule has 1 aromatic carbocycles. The van der Waals surface area contributed by atoms with Crippen LogP contribution in [-0.2, 0) is 16.0 Å². The molecule has 118 valence electrons. The number of hydrogen-bond donors (Lipinski definition) is 1. The molecule has 0 unspecified atom stereocenters. The zero-order chi connectivity index (χ0) is 15.8. The molecule has 6 heteroatoms. The first-order valence-corrected chi connectivity index (χ1v) is 6.66. The van der Waals surface area contributed by atoms with Crippen molar-refractivity contribution in [3.63, 3.8) is 0 Å². The number of rotatable bonds is 8. The summed E-state index contributed by atoms with van der Waals surface area (Å²) in [6.07, 6.45) is 2.30. The predicted octanol–water partition coefficient (Wildman–Crippen LogP) is 2.30. The third-order valence-electron chi connectivity index (χ3n) is 3.19. The fourth-order valence-corrected chi connectivity index (χ4v) is 2.12. The Labute approximate surface area is 124 Å². The Kier molecular flexibility index (Phi) is 6.65. The second-order valence-electron chi connectivity index (χ2n) is 4.43. The summed E-state index contributed by atoms with van der Waals surface area (Å²) in [6, 6.07) is 1.50. The number of unbranched alkanes of at least 4 members (excludes halogenated alkanes) is 1. The van der Waals surface area contributed by atoms with Gasteiger partial charge in [-0.15, -0.1) is 0 Å². The Balaban J connectivity index is 2.88. The van der Waals surface area contributed by atoms with Gasteiger partial charge in [-0.1, -0.05) is 0 Å². The number of hydrogen-bond acceptors (Lipinski definition) is 6. The highest BCUT2D eigenvalue weighted by molar-refractivity contribution is 5.69. The summed E-state index contributed by atoms with van der Waals surface area (Å²) < 4.78 is 20.4. The van der Waals surface area contributed by atoms with Crippen LogP contribution in [0.25, 0.3) is 0 Å². The van der Waals surface area contributed by atoms with Crippen molar-refractivity contribution < 1.29 is 28.8 Å². The van der Waals surface area contributed by atoms with Crippen LogP contribution in [0.2, 0.25) is 0 Å². The van der Waals surface area contributed by atoms with E-state index in [0.29, 0.717) is 48.5 Å². The van der Waals surface area contributed by atoms with Gasteiger partial charge in [0.1, 0.15) is 5.75 Å². The van der Waals surface area contributed by atoms with Gasteiger partial charge in [0.2, 0.25) is 5.75 Å². The van der Waals surface area contributed by atoms with E-state index < -0.39 is 0 Å². The molecule has 1 rings (SSSR count). The van der Waals surface area contributed by atoms with E-state index in [1.54, 1.807) is 0 Å². The second-order valence-corrected chi connectivity index (χ2v) is 4.43. The van der Waals surface area contributed by atoms with Crippen molar-refractivity contribution in [2.75, 3.05) is 28.4 Å². The molecule has 1 aromatic rings. The van der Waals surface area contributed by atoms with Crippen LogP contribution in [0.1, 0.15) is 24.8 Å². The quantitative estimate of drug-likeness (QED) is 0.586. The minimum atomic E-state index is -0.238. The van der Waals surface area contributed by atoms with Crippen LogP contribution in [-0.4, -0.2) is 39.5 Å². The van der Waals surface area contributed by atoms with E-state index in [4.69, 9.17) is 14.2 Å². The Bertz CT molecular complexity index is 484. The maximum atomic E-state index is 11.1. The van der Waals surface area contributed by atoms with E-state index >= 15 is 0 Å². The van der Waals surface area contributed by atoms with Gasteiger partial charge in [-0.3, -0.25) is 4.79 Å². The summed E-state index contributed by atoms with van der Waals surface area (Å²) in [7, 11) is 5.88. The maximum Gasteiger partial charge on any atom is 0.305 e. The molecule has 0 bridgehead atoms. The zero-order valence-corrected chi connectivity index (χ0v) is 12.9. The van der Waals surface area contributed by atoms with Crippen LogP contribution in [0.3, 0.4) is 0 Å². The summed E-state index contributed by atoms with van der Waals surface area (Å²) in [5.74, 6) is 1.15. The molecule has 0 atom stereocenters. The number of ether oxygens (including phenoxy) is 4. The predicted molar refractivity (Wildman–Crippen MR) is 77.3 cm³/mol. The first-order valence-electron chi connectivity index (χ1n) is 6.66. The van der Waals surface area contributed by atoms with Crippen LogP contribution in [0.15, 0.2) is 6.07 Å². The number of esters is 1. The zero-order valence-electron chi connectivity index (χ0n) is 12.9. The molecular formula is C15H22O6. The van der Waals surface area contributed by atoms with Crippen molar-refractivity contribution in [3.8, 4) is 23.0 Å². The van der Waals surface area contributed by atoms with Gasteiger partial charge in [0.15, 0.2) is 11.5 Å². The summed E-state index contributed by atoms with van der Waals surface area (Å²) in [5, 5.41) is 10.1. The van der Waals surface area contributed by atoms with E-state index in [9.17, 15) is 9.90 Å². The van der Waals surface area contributed by atoms with Gasteiger partial charge in [-0.25, -0.2) is 0 Å². The first kappa shape index (κ1) is 16.9. The number of carbonyl (C=O) groups excluding carboxylic acids is 1. The Morgan fingerprint density at radius 3 is 2.24 bits per heavy atom. The minimum Gasteiger partial charge on any atom is -0.507 e. The number of carbonyl (C=O) groups is 1. The normalized spacial score (nSPS) is 10.1. The van der Waals surface area contributed by atoms with E-state index in [1.165, 1.54) is 34.5 Å². The molecule has 1 N–H and O–H groups in total. The molecule has 0 saturated carbocycles. The number of phenols is 1. The lowest BCUT2D eigenvalue weighted by molar-refractivity contribution is -0.140. The fourth-order valence-electron chi connectivity index (χ4n) is 2.12. The van der Waals surface area contributed by atoms with Gasteiger partial charge in [0.05, 0.1) is 28.4 Å². The fraction of sp³-hybridized carbons (Fsp3) is 0.533. The highest BCUT2D eigenvalue weighted by Crippen LogP contribution is 2.45. The number of aromatic hydroxyl groups is 1. The lowest BCUT2D eigenvalue weighted by atomic mass is 10.0. The number of methoxy groups -OCH3 is 4. The molecule has 0 saturated heterocycles. The van der Waals surface area contributed by atoms with Crippen molar-refractivity contribution in [1.29, 1.82) is 0 Å². The van der Waals surface area contributed by atoms with E-state index in [0.717, 1.165) is 0 Å². The number of phenolic OH excluding ortho intramolecular Hbond substituents is 1. The molecule has 0 aromatic heterocycles.